The fraction of sp³-hybridized carbons (Fsp3) is 0.889. The van der Waals surface area contributed by atoms with Crippen LogP contribution in [-0.2, 0) is 0 Å². The highest BCUT2D eigenvalue weighted by Gasteiger charge is 2.10. The van der Waals surface area contributed by atoms with Gasteiger partial charge >= 0.3 is 0 Å². The topological polar surface area (TPSA) is 24.7 Å². The predicted octanol–water partition coefficient (Wildman–Crippen LogP) is 3.18. The van der Waals surface area contributed by atoms with Crippen LogP contribution in [0, 0.1) is 0 Å². The van der Waals surface area contributed by atoms with Gasteiger partial charge in [0.05, 0.1) is 17.6 Å². The Kier molecular flexibility index (Phi) is 7.36. The van der Waals surface area contributed by atoms with E-state index in [2.05, 4.69) is 36.8 Å². The zero-order chi connectivity index (χ0) is 8.91. The summed E-state index contributed by atoms with van der Waals surface area (Å²) in [5.74, 6) is 0. The molecule has 0 aliphatic heterocycles. The van der Waals surface area contributed by atoms with Crippen molar-refractivity contribution in [3.05, 3.63) is 0 Å². The second kappa shape index (κ2) is 6.22. The van der Waals surface area contributed by atoms with E-state index in [1.807, 2.05) is 13.8 Å². The third-order valence-corrected chi connectivity index (χ3v) is 1.53. The van der Waals surface area contributed by atoms with Crippen molar-refractivity contribution in [2.75, 3.05) is 0 Å². The highest BCUT2D eigenvalue weighted by atomic mass is 35.5. The van der Waals surface area contributed by atoms with E-state index in [0.717, 1.165) is 6.42 Å². The Hall–Kier alpha value is -0.330. The second-order valence-corrected chi connectivity index (χ2v) is 3.60. The van der Waals surface area contributed by atoms with Gasteiger partial charge in [0.15, 0.2) is 0 Å². The Morgan fingerprint density at radius 2 is 1.83 bits per heavy atom. The molecular formula is C9H19ClN2. The molecule has 0 aromatic carbocycles. The lowest BCUT2D eigenvalue weighted by Gasteiger charge is -2.13. The summed E-state index contributed by atoms with van der Waals surface area (Å²) in [6, 6.07) is 3.02. The Bertz CT molecular complexity index is 167. The smallest absolute Gasteiger partial charge is 0.0900 e. The zero-order valence-corrected chi connectivity index (χ0v) is 9.40. The molecule has 0 saturated carbocycles. The number of nitrogens with zero attached hydrogens (tertiary/aromatic N) is 2. The minimum absolute atomic E-state index is 0. The highest BCUT2D eigenvalue weighted by molar-refractivity contribution is 5.85. The molecule has 0 aromatic heterocycles. The molecule has 0 fully saturated rings. The van der Waals surface area contributed by atoms with Gasteiger partial charge in [0, 0.05) is 0 Å². The van der Waals surface area contributed by atoms with Gasteiger partial charge in [-0.3, -0.25) is 0 Å². The summed E-state index contributed by atoms with van der Waals surface area (Å²) < 4.78 is 0. The van der Waals surface area contributed by atoms with Crippen molar-refractivity contribution in [2.45, 2.75) is 52.6 Å². The maximum Gasteiger partial charge on any atom is 0.0900 e. The van der Waals surface area contributed by atoms with Crippen molar-refractivity contribution in [1.82, 2.24) is 0 Å². The van der Waals surface area contributed by atoms with Crippen molar-refractivity contribution in [3.8, 4) is 0 Å². The molecule has 0 aliphatic rings. The molecule has 72 valence electrons. The van der Waals surface area contributed by atoms with Crippen LogP contribution in [0.4, 0.5) is 0 Å². The largest absolute Gasteiger partial charge is 0.223 e. The molecule has 12 heavy (non-hydrogen) atoms. The third-order valence-electron chi connectivity index (χ3n) is 1.53. The van der Waals surface area contributed by atoms with Gasteiger partial charge in [0.2, 0.25) is 0 Å². The van der Waals surface area contributed by atoms with Crippen molar-refractivity contribution < 1.29 is 0 Å². The van der Waals surface area contributed by atoms with E-state index in [9.17, 15) is 0 Å². The summed E-state index contributed by atoms with van der Waals surface area (Å²) in [6.07, 6.45) is 1.02. The number of aliphatic imine (C=N–C) groups is 2. The summed E-state index contributed by atoms with van der Waals surface area (Å²) in [5, 5.41) is 0. The fourth-order valence-corrected chi connectivity index (χ4v) is 0.359. The van der Waals surface area contributed by atoms with Crippen LogP contribution in [0.1, 0.15) is 41.0 Å². The van der Waals surface area contributed by atoms with Crippen molar-refractivity contribution in [3.63, 3.8) is 0 Å². The second-order valence-electron chi connectivity index (χ2n) is 3.60. The number of hydrogen-bond acceptors (Lipinski definition) is 2. The molecule has 0 aromatic rings. The number of rotatable bonds is 3. The molecule has 0 radical (unpaired) electrons. The van der Waals surface area contributed by atoms with E-state index >= 15 is 0 Å². The van der Waals surface area contributed by atoms with E-state index in [1.165, 1.54) is 0 Å². The Morgan fingerprint density at radius 3 is 2.17 bits per heavy atom. The normalized spacial score (nSPS) is 10.2. The van der Waals surface area contributed by atoms with E-state index in [-0.39, 0.29) is 17.9 Å². The minimum Gasteiger partial charge on any atom is -0.223 e. The maximum atomic E-state index is 4.20. The van der Waals surface area contributed by atoms with Gasteiger partial charge in [-0.25, -0.2) is 9.98 Å². The molecule has 0 atom stereocenters. The van der Waals surface area contributed by atoms with Crippen molar-refractivity contribution in [1.29, 1.82) is 0 Å². The maximum absolute atomic E-state index is 4.20. The lowest BCUT2D eigenvalue weighted by molar-refractivity contribution is 0.507. The Balaban J connectivity index is 0. The van der Waals surface area contributed by atoms with E-state index < -0.39 is 0 Å². The molecule has 0 spiro atoms. The molecule has 0 rings (SSSR count). The number of halogens is 1. The summed E-state index contributed by atoms with van der Waals surface area (Å²) in [4.78, 5) is 8.24. The molecule has 3 heteroatoms. The highest BCUT2D eigenvalue weighted by Crippen LogP contribution is 2.11. The van der Waals surface area contributed by atoms with Crippen LogP contribution < -0.4 is 0 Å². The molecule has 0 unspecified atom stereocenters. The lowest BCUT2D eigenvalue weighted by Crippen LogP contribution is -2.13. The summed E-state index contributed by atoms with van der Waals surface area (Å²) in [6.45, 7) is 10.3. The average Bonchev–Trinajstić information content (AvgIpc) is 1.87. The summed E-state index contributed by atoms with van der Waals surface area (Å²) >= 11 is 0. The lowest BCUT2D eigenvalue weighted by atomic mass is 10.0. The van der Waals surface area contributed by atoms with Gasteiger partial charge in [-0.1, -0.05) is 6.92 Å². The van der Waals surface area contributed by atoms with E-state index in [4.69, 9.17) is 0 Å². The Labute approximate surface area is 81.6 Å². The quantitative estimate of drug-likeness (QED) is 0.611. The van der Waals surface area contributed by atoms with E-state index in [1.54, 1.807) is 0 Å². The van der Waals surface area contributed by atoms with Crippen LogP contribution in [0.5, 0.6) is 0 Å². The summed E-state index contributed by atoms with van der Waals surface area (Å²) in [5.41, 5.74) is -0.00160. The molecule has 0 saturated heterocycles. The first kappa shape index (κ1) is 14.2. The molecule has 0 heterocycles. The first-order chi connectivity index (χ1) is 4.98. The van der Waals surface area contributed by atoms with Gasteiger partial charge in [-0.2, -0.15) is 0 Å². The van der Waals surface area contributed by atoms with Gasteiger partial charge in [-0.05, 0) is 34.1 Å². The summed E-state index contributed by atoms with van der Waals surface area (Å²) in [7, 11) is 0. The Morgan fingerprint density at radius 1 is 1.33 bits per heavy atom. The molecule has 0 amide bonds. The van der Waals surface area contributed by atoms with Crippen LogP contribution in [0.25, 0.3) is 0 Å². The van der Waals surface area contributed by atoms with E-state index in [0.29, 0.717) is 6.04 Å². The number of hydrogen-bond donors (Lipinski definition) is 0. The van der Waals surface area contributed by atoms with Crippen LogP contribution in [0.15, 0.2) is 9.98 Å². The first-order valence-corrected chi connectivity index (χ1v) is 4.14. The third kappa shape index (κ3) is 7.77. The molecular weight excluding hydrogens is 172 g/mol. The van der Waals surface area contributed by atoms with Gasteiger partial charge in [0.1, 0.15) is 0 Å². The minimum atomic E-state index is -0.00160. The van der Waals surface area contributed by atoms with Gasteiger partial charge < -0.3 is 0 Å². The van der Waals surface area contributed by atoms with Crippen molar-refractivity contribution in [2.24, 2.45) is 9.98 Å². The monoisotopic (exact) mass is 190 g/mol. The average molecular weight is 191 g/mol. The first-order valence-electron chi connectivity index (χ1n) is 4.14. The molecule has 0 aliphatic carbocycles. The zero-order valence-electron chi connectivity index (χ0n) is 8.59. The van der Waals surface area contributed by atoms with Crippen LogP contribution in [-0.4, -0.2) is 17.6 Å². The van der Waals surface area contributed by atoms with Crippen LogP contribution >= 0.6 is 12.4 Å². The SMILES string of the molecule is CCC(C)(C)N=C=NC(C)C.Cl. The predicted molar refractivity (Wildman–Crippen MR) is 56.6 cm³/mol. The molecule has 2 nitrogen and oxygen atoms in total. The molecule has 0 N–H and O–H groups in total. The van der Waals surface area contributed by atoms with Gasteiger partial charge in [0.25, 0.3) is 0 Å². The van der Waals surface area contributed by atoms with Crippen LogP contribution in [0.2, 0.25) is 0 Å². The fourth-order valence-electron chi connectivity index (χ4n) is 0.359. The van der Waals surface area contributed by atoms with Crippen LogP contribution in [0.3, 0.4) is 0 Å². The standard InChI is InChI=1S/C9H18N2.ClH/c1-6-9(4,5)11-7-10-8(2)3;/h8H,6H2,1-5H3;1H. The molecule has 0 bridgehead atoms. The van der Waals surface area contributed by atoms with Crippen molar-refractivity contribution >= 4 is 18.4 Å². The van der Waals surface area contributed by atoms with Gasteiger partial charge in [-0.15, -0.1) is 12.4 Å².